The number of hydrogen-bond acceptors (Lipinski definition) is 2. The Balaban J connectivity index is 1.90. The molecule has 1 atom stereocenters. The van der Waals surface area contributed by atoms with Crippen LogP contribution in [0.4, 0.5) is 0 Å². The molecule has 1 aromatic rings. The lowest BCUT2D eigenvalue weighted by Gasteiger charge is -2.27. The number of aromatic nitrogens is 2. The van der Waals surface area contributed by atoms with E-state index in [1.807, 2.05) is 18.7 Å². The summed E-state index contributed by atoms with van der Waals surface area (Å²) in [6.45, 7) is 2.25. The summed E-state index contributed by atoms with van der Waals surface area (Å²) < 4.78 is 2.11. The van der Waals surface area contributed by atoms with Gasteiger partial charge in [-0.2, -0.15) is 0 Å². The van der Waals surface area contributed by atoms with Crippen LogP contribution in [0, 0.1) is 0 Å². The lowest BCUT2D eigenvalue weighted by molar-refractivity contribution is 0.330. The minimum atomic E-state index is 0.689. The molecule has 1 aromatic heterocycles. The summed E-state index contributed by atoms with van der Waals surface area (Å²) in [7, 11) is 0. The summed E-state index contributed by atoms with van der Waals surface area (Å²) in [5.41, 5.74) is 0. The van der Waals surface area contributed by atoms with Gasteiger partial charge in [0.1, 0.15) is 0 Å². The SMILES string of the molecule is c1cn(CC2CCN2)cn1. The third-order valence-electron chi connectivity index (χ3n) is 1.92. The van der Waals surface area contributed by atoms with Gasteiger partial charge in [0.05, 0.1) is 6.33 Å². The van der Waals surface area contributed by atoms with Crippen LogP contribution in [-0.4, -0.2) is 22.1 Å². The van der Waals surface area contributed by atoms with Gasteiger partial charge in [-0.25, -0.2) is 4.98 Å². The van der Waals surface area contributed by atoms with Gasteiger partial charge in [-0.3, -0.25) is 0 Å². The Morgan fingerprint density at radius 1 is 1.70 bits per heavy atom. The Morgan fingerprint density at radius 3 is 3.10 bits per heavy atom. The standard InChI is InChI=1S/C7H11N3/c1-2-9-7(1)5-10-4-3-8-6-10/h3-4,6-7,9H,1-2,5H2. The summed E-state index contributed by atoms with van der Waals surface area (Å²) >= 11 is 0. The highest BCUT2D eigenvalue weighted by atomic mass is 15.1. The molecule has 0 saturated carbocycles. The lowest BCUT2D eigenvalue weighted by Crippen LogP contribution is -2.45. The summed E-state index contributed by atoms with van der Waals surface area (Å²) in [6.07, 6.45) is 6.98. The molecule has 1 unspecified atom stereocenters. The molecule has 0 aromatic carbocycles. The molecule has 0 bridgehead atoms. The Labute approximate surface area is 60.1 Å². The highest BCUT2D eigenvalue weighted by molar-refractivity contribution is 4.82. The molecule has 2 heterocycles. The van der Waals surface area contributed by atoms with Gasteiger partial charge in [-0.1, -0.05) is 0 Å². The Hall–Kier alpha value is -0.830. The van der Waals surface area contributed by atoms with Crippen LogP contribution in [0.3, 0.4) is 0 Å². The van der Waals surface area contributed by atoms with Gasteiger partial charge < -0.3 is 9.88 Å². The van der Waals surface area contributed by atoms with E-state index in [9.17, 15) is 0 Å². The van der Waals surface area contributed by atoms with Crippen molar-refractivity contribution in [3.8, 4) is 0 Å². The molecule has 1 saturated heterocycles. The quantitative estimate of drug-likeness (QED) is 0.633. The minimum absolute atomic E-state index is 0.689. The van der Waals surface area contributed by atoms with Crippen molar-refractivity contribution in [1.82, 2.24) is 14.9 Å². The Morgan fingerprint density at radius 2 is 2.60 bits per heavy atom. The largest absolute Gasteiger partial charge is 0.336 e. The normalized spacial score (nSPS) is 24.2. The highest BCUT2D eigenvalue weighted by Gasteiger charge is 2.15. The van der Waals surface area contributed by atoms with Crippen LogP contribution >= 0.6 is 0 Å². The van der Waals surface area contributed by atoms with Crippen LogP contribution in [0.15, 0.2) is 18.7 Å². The van der Waals surface area contributed by atoms with Crippen molar-refractivity contribution in [2.75, 3.05) is 6.54 Å². The minimum Gasteiger partial charge on any atom is -0.336 e. The molecule has 0 radical (unpaired) electrons. The molecule has 1 aliphatic rings. The zero-order chi connectivity index (χ0) is 6.81. The van der Waals surface area contributed by atoms with Crippen LogP contribution in [-0.2, 0) is 6.54 Å². The molecule has 2 rings (SSSR count). The first-order valence-electron chi connectivity index (χ1n) is 3.64. The van der Waals surface area contributed by atoms with Crippen molar-refractivity contribution in [2.45, 2.75) is 19.0 Å². The Kier molecular flexibility index (Phi) is 1.43. The fraction of sp³-hybridized carbons (Fsp3) is 0.571. The third kappa shape index (κ3) is 1.04. The van der Waals surface area contributed by atoms with Gasteiger partial charge in [0.25, 0.3) is 0 Å². The fourth-order valence-corrected chi connectivity index (χ4v) is 1.15. The first-order chi connectivity index (χ1) is 4.95. The first kappa shape index (κ1) is 5.92. The summed E-state index contributed by atoms with van der Waals surface area (Å²) in [5, 5.41) is 3.34. The monoisotopic (exact) mass is 137 g/mol. The van der Waals surface area contributed by atoms with Crippen molar-refractivity contribution in [3.63, 3.8) is 0 Å². The van der Waals surface area contributed by atoms with Crippen LogP contribution in [0.1, 0.15) is 6.42 Å². The number of hydrogen-bond donors (Lipinski definition) is 1. The van der Waals surface area contributed by atoms with E-state index in [1.54, 1.807) is 0 Å². The predicted octanol–water partition coefficient (Wildman–Crippen LogP) is 0.245. The van der Waals surface area contributed by atoms with E-state index in [4.69, 9.17) is 0 Å². The molecular formula is C7H11N3. The number of nitrogens with zero attached hydrogens (tertiary/aromatic N) is 2. The summed E-state index contributed by atoms with van der Waals surface area (Å²) in [5.74, 6) is 0. The summed E-state index contributed by atoms with van der Waals surface area (Å²) in [6, 6.07) is 0.689. The molecule has 1 N–H and O–H groups in total. The van der Waals surface area contributed by atoms with Gasteiger partial charge in [-0.15, -0.1) is 0 Å². The molecule has 1 aliphatic heterocycles. The van der Waals surface area contributed by atoms with Crippen LogP contribution in [0.5, 0.6) is 0 Å². The average molecular weight is 137 g/mol. The van der Waals surface area contributed by atoms with E-state index in [0.29, 0.717) is 6.04 Å². The maximum Gasteiger partial charge on any atom is 0.0946 e. The number of nitrogens with one attached hydrogen (secondary N) is 1. The molecule has 3 heteroatoms. The number of rotatable bonds is 2. The number of imidazole rings is 1. The zero-order valence-corrected chi connectivity index (χ0v) is 5.83. The van der Waals surface area contributed by atoms with Crippen LogP contribution in [0.25, 0.3) is 0 Å². The maximum atomic E-state index is 3.97. The third-order valence-corrected chi connectivity index (χ3v) is 1.92. The second kappa shape index (κ2) is 2.42. The molecule has 10 heavy (non-hydrogen) atoms. The molecule has 1 fully saturated rings. The van der Waals surface area contributed by atoms with E-state index in [-0.39, 0.29) is 0 Å². The van der Waals surface area contributed by atoms with Gasteiger partial charge in [0.15, 0.2) is 0 Å². The van der Waals surface area contributed by atoms with E-state index < -0.39 is 0 Å². The average Bonchev–Trinajstić information content (AvgIpc) is 2.29. The second-order valence-corrected chi connectivity index (χ2v) is 2.70. The molecule has 0 aliphatic carbocycles. The van der Waals surface area contributed by atoms with E-state index in [2.05, 4.69) is 14.9 Å². The second-order valence-electron chi connectivity index (χ2n) is 2.70. The van der Waals surface area contributed by atoms with Crippen molar-refractivity contribution in [2.24, 2.45) is 0 Å². The predicted molar refractivity (Wildman–Crippen MR) is 38.6 cm³/mol. The van der Waals surface area contributed by atoms with E-state index in [1.165, 1.54) is 13.0 Å². The lowest BCUT2D eigenvalue weighted by atomic mass is 10.1. The molecular weight excluding hydrogens is 126 g/mol. The van der Waals surface area contributed by atoms with Crippen LogP contribution in [0.2, 0.25) is 0 Å². The highest BCUT2D eigenvalue weighted by Crippen LogP contribution is 2.04. The van der Waals surface area contributed by atoms with Crippen molar-refractivity contribution >= 4 is 0 Å². The van der Waals surface area contributed by atoms with E-state index >= 15 is 0 Å². The van der Waals surface area contributed by atoms with Crippen molar-refractivity contribution in [1.29, 1.82) is 0 Å². The molecule has 0 amide bonds. The summed E-state index contributed by atoms with van der Waals surface area (Å²) in [4.78, 5) is 3.97. The zero-order valence-electron chi connectivity index (χ0n) is 5.83. The van der Waals surface area contributed by atoms with Gasteiger partial charge in [0, 0.05) is 25.0 Å². The van der Waals surface area contributed by atoms with E-state index in [0.717, 1.165) is 6.54 Å². The molecule has 3 nitrogen and oxygen atoms in total. The first-order valence-corrected chi connectivity index (χ1v) is 3.64. The maximum absolute atomic E-state index is 3.97. The topological polar surface area (TPSA) is 29.9 Å². The molecule has 0 spiro atoms. The van der Waals surface area contributed by atoms with Gasteiger partial charge >= 0.3 is 0 Å². The fourth-order valence-electron chi connectivity index (χ4n) is 1.15. The van der Waals surface area contributed by atoms with Gasteiger partial charge in [-0.05, 0) is 13.0 Å². The van der Waals surface area contributed by atoms with Gasteiger partial charge in [0.2, 0.25) is 0 Å². The van der Waals surface area contributed by atoms with Crippen molar-refractivity contribution < 1.29 is 0 Å². The van der Waals surface area contributed by atoms with Crippen molar-refractivity contribution in [3.05, 3.63) is 18.7 Å². The van der Waals surface area contributed by atoms with Crippen LogP contribution < -0.4 is 5.32 Å². The Bertz CT molecular complexity index is 189. The smallest absolute Gasteiger partial charge is 0.0946 e. The molecule has 54 valence electrons.